The maximum Gasteiger partial charge on any atom is 0.214 e. The van der Waals surface area contributed by atoms with Crippen molar-refractivity contribution >= 4 is 10.0 Å². The highest BCUT2D eigenvalue weighted by Crippen LogP contribution is 2.10. The predicted molar refractivity (Wildman–Crippen MR) is 66.1 cm³/mol. The Morgan fingerprint density at radius 3 is 2.59 bits per heavy atom. The van der Waals surface area contributed by atoms with Gasteiger partial charge in [-0.2, -0.15) is 4.31 Å². The third kappa shape index (κ3) is 3.02. The van der Waals surface area contributed by atoms with E-state index in [0.29, 0.717) is 6.42 Å². The number of aryl methyl sites for hydroxylation is 1. The number of sulfonamides is 1. The molecule has 0 radical (unpaired) electrons. The Labute approximate surface area is 102 Å². The summed E-state index contributed by atoms with van der Waals surface area (Å²) in [5.74, 6) is 0.157. The molecule has 0 saturated carbocycles. The van der Waals surface area contributed by atoms with Gasteiger partial charge in [0.15, 0.2) is 0 Å². The number of pyridine rings is 1. The Kier molecular flexibility index (Phi) is 3.76. The molecule has 5 nitrogen and oxygen atoms in total. The van der Waals surface area contributed by atoms with Crippen LogP contribution in [0.15, 0.2) is 24.5 Å². The van der Waals surface area contributed by atoms with Gasteiger partial charge in [0.2, 0.25) is 10.0 Å². The zero-order valence-electron chi connectivity index (χ0n) is 9.83. The van der Waals surface area contributed by atoms with E-state index in [0.717, 1.165) is 18.7 Å². The molecule has 17 heavy (non-hydrogen) atoms. The van der Waals surface area contributed by atoms with Gasteiger partial charge in [-0.25, -0.2) is 8.42 Å². The van der Waals surface area contributed by atoms with E-state index < -0.39 is 10.0 Å². The Morgan fingerprint density at radius 2 is 2.06 bits per heavy atom. The molecule has 0 spiro atoms. The first-order chi connectivity index (χ1) is 8.09. The Morgan fingerprint density at radius 1 is 1.41 bits per heavy atom. The van der Waals surface area contributed by atoms with Gasteiger partial charge in [0.25, 0.3) is 0 Å². The van der Waals surface area contributed by atoms with E-state index in [1.54, 1.807) is 19.4 Å². The van der Waals surface area contributed by atoms with E-state index in [-0.39, 0.29) is 11.8 Å². The molecule has 0 unspecified atom stereocenters. The lowest BCUT2D eigenvalue weighted by Crippen LogP contribution is -2.57. The van der Waals surface area contributed by atoms with Gasteiger partial charge >= 0.3 is 0 Å². The van der Waals surface area contributed by atoms with Crippen molar-refractivity contribution in [3.8, 4) is 0 Å². The molecule has 1 aliphatic rings. The number of hydrogen-bond donors (Lipinski definition) is 1. The second-order valence-corrected chi connectivity index (χ2v) is 6.40. The molecule has 1 saturated heterocycles. The summed E-state index contributed by atoms with van der Waals surface area (Å²) in [6.07, 6.45) is 3.90. The minimum atomic E-state index is -3.15. The monoisotopic (exact) mass is 255 g/mol. The van der Waals surface area contributed by atoms with Crippen LogP contribution in [0.4, 0.5) is 0 Å². The van der Waals surface area contributed by atoms with Crippen molar-refractivity contribution < 1.29 is 8.42 Å². The maximum atomic E-state index is 12.0. The average molecular weight is 255 g/mol. The first-order valence-electron chi connectivity index (χ1n) is 5.65. The second kappa shape index (κ2) is 5.12. The maximum absolute atomic E-state index is 12.0. The first-order valence-corrected chi connectivity index (χ1v) is 7.26. The van der Waals surface area contributed by atoms with Crippen molar-refractivity contribution in [2.75, 3.05) is 25.9 Å². The van der Waals surface area contributed by atoms with Crippen LogP contribution in [0.5, 0.6) is 0 Å². The molecule has 6 heteroatoms. The number of nitrogens with one attached hydrogen (secondary N) is 1. The summed E-state index contributed by atoms with van der Waals surface area (Å²) in [6.45, 7) is 1.51. The topological polar surface area (TPSA) is 62.3 Å². The zero-order valence-corrected chi connectivity index (χ0v) is 10.7. The molecule has 1 aromatic heterocycles. The molecule has 1 aliphatic heterocycles. The molecule has 0 aliphatic carbocycles. The van der Waals surface area contributed by atoms with E-state index in [1.165, 1.54) is 4.31 Å². The fourth-order valence-corrected chi connectivity index (χ4v) is 3.08. The zero-order chi connectivity index (χ0) is 12.3. The number of likely N-dealkylation sites (N-methyl/N-ethyl adjacent to an activating group) is 1. The van der Waals surface area contributed by atoms with Crippen LogP contribution < -0.4 is 5.32 Å². The summed E-state index contributed by atoms with van der Waals surface area (Å²) in [7, 11) is -1.49. The normalized spacial score (nSPS) is 17.1. The number of aromatic nitrogens is 1. The minimum absolute atomic E-state index is 0.123. The Bertz CT molecular complexity index is 457. The lowest BCUT2D eigenvalue weighted by Gasteiger charge is -2.34. The first kappa shape index (κ1) is 12.5. The molecule has 1 N–H and O–H groups in total. The minimum Gasteiger partial charge on any atom is -0.313 e. The number of hydrogen-bond acceptors (Lipinski definition) is 4. The van der Waals surface area contributed by atoms with Crippen LogP contribution in [0.3, 0.4) is 0 Å². The largest absolute Gasteiger partial charge is 0.313 e. The molecular formula is C11H17N3O2S. The molecule has 94 valence electrons. The molecule has 1 fully saturated rings. The third-order valence-electron chi connectivity index (χ3n) is 3.11. The van der Waals surface area contributed by atoms with Crippen LogP contribution in [-0.2, 0) is 16.4 Å². The summed E-state index contributed by atoms with van der Waals surface area (Å²) >= 11 is 0. The van der Waals surface area contributed by atoms with Crippen molar-refractivity contribution in [2.24, 2.45) is 0 Å². The smallest absolute Gasteiger partial charge is 0.214 e. The standard InChI is InChI=1S/C11H17N3O2S/c1-14(11-8-13-9-11)17(15,16)7-4-10-2-5-12-6-3-10/h2-3,5-6,11,13H,4,7-9H2,1H3. The van der Waals surface area contributed by atoms with Gasteiger partial charge in [0.1, 0.15) is 0 Å². The van der Waals surface area contributed by atoms with E-state index in [1.807, 2.05) is 12.1 Å². The average Bonchev–Trinajstić information content (AvgIpc) is 2.26. The summed E-state index contributed by atoms with van der Waals surface area (Å²) < 4.78 is 25.5. The molecule has 0 aromatic carbocycles. The van der Waals surface area contributed by atoms with Crippen LogP contribution in [0.25, 0.3) is 0 Å². The van der Waals surface area contributed by atoms with Crippen molar-refractivity contribution in [2.45, 2.75) is 12.5 Å². The van der Waals surface area contributed by atoms with Crippen molar-refractivity contribution in [1.29, 1.82) is 0 Å². The molecule has 2 heterocycles. The summed E-state index contributed by atoms with van der Waals surface area (Å²) in [6, 6.07) is 3.82. The highest BCUT2D eigenvalue weighted by Gasteiger charge is 2.29. The quantitative estimate of drug-likeness (QED) is 0.795. The fraction of sp³-hybridized carbons (Fsp3) is 0.545. The number of rotatable bonds is 5. The van der Waals surface area contributed by atoms with Crippen LogP contribution in [0.1, 0.15) is 5.56 Å². The van der Waals surface area contributed by atoms with Crippen LogP contribution in [0.2, 0.25) is 0 Å². The molecule has 2 rings (SSSR count). The van der Waals surface area contributed by atoms with E-state index in [2.05, 4.69) is 10.3 Å². The summed E-state index contributed by atoms with van der Waals surface area (Å²) in [5, 5.41) is 3.07. The highest BCUT2D eigenvalue weighted by atomic mass is 32.2. The summed E-state index contributed by atoms with van der Waals surface area (Å²) in [4.78, 5) is 3.91. The third-order valence-corrected chi connectivity index (χ3v) is 5.01. The Hall–Kier alpha value is -0.980. The van der Waals surface area contributed by atoms with Gasteiger partial charge < -0.3 is 5.32 Å². The SMILES string of the molecule is CN(C1CNC1)S(=O)(=O)CCc1ccncc1. The van der Waals surface area contributed by atoms with E-state index >= 15 is 0 Å². The predicted octanol–water partition coefficient (Wildman–Crippen LogP) is -0.142. The Balaban J connectivity index is 1.93. The lowest BCUT2D eigenvalue weighted by atomic mass is 10.2. The molecule has 0 atom stereocenters. The molecule has 1 aromatic rings. The molecule has 0 bridgehead atoms. The number of nitrogens with zero attached hydrogens (tertiary/aromatic N) is 2. The van der Waals surface area contributed by atoms with Crippen molar-refractivity contribution in [1.82, 2.24) is 14.6 Å². The van der Waals surface area contributed by atoms with Crippen LogP contribution in [-0.4, -0.2) is 49.6 Å². The lowest BCUT2D eigenvalue weighted by molar-refractivity contribution is 0.274. The van der Waals surface area contributed by atoms with Gasteiger partial charge in [-0.3, -0.25) is 4.98 Å². The van der Waals surface area contributed by atoms with Gasteiger partial charge in [-0.15, -0.1) is 0 Å². The van der Waals surface area contributed by atoms with Gasteiger partial charge in [-0.05, 0) is 24.1 Å². The van der Waals surface area contributed by atoms with Gasteiger partial charge in [0.05, 0.1) is 5.75 Å². The highest BCUT2D eigenvalue weighted by molar-refractivity contribution is 7.89. The van der Waals surface area contributed by atoms with Crippen molar-refractivity contribution in [3.63, 3.8) is 0 Å². The molecular weight excluding hydrogens is 238 g/mol. The van der Waals surface area contributed by atoms with Crippen molar-refractivity contribution in [3.05, 3.63) is 30.1 Å². The van der Waals surface area contributed by atoms with E-state index in [9.17, 15) is 8.42 Å². The summed E-state index contributed by atoms with van der Waals surface area (Å²) in [5.41, 5.74) is 1.00. The molecule has 0 amide bonds. The van der Waals surface area contributed by atoms with Gasteiger partial charge in [-0.1, -0.05) is 0 Å². The van der Waals surface area contributed by atoms with E-state index in [4.69, 9.17) is 0 Å². The second-order valence-electron chi connectivity index (χ2n) is 4.25. The van der Waals surface area contributed by atoms with Crippen LogP contribution >= 0.6 is 0 Å². The van der Waals surface area contributed by atoms with Crippen LogP contribution in [0, 0.1) is 0 Å². The fourth-order valence-electron chi connectivity index (χ4n) is 1.70. The van der Waals surface area contributed by atoms with Gasteiger partial charge in [0, 0.05) is 38.6 Å².